The minimum atomic E-state index is -0.554. The lowest BCUT2D eigenvalue weighted by molar-refractivity contribution is 0.0601. The van der Waals surface area contributed by atoms with Crippen LogP contribution in [0.1, 0.15) is 53.6 Å². The van der Waals surface area contributed by atoms with Gasteiger partial charge in [-0.2, -0.15) is 0 Å². The van der Waals surface area contributed by atoms with E-state index in [1.165, 1.54) is 7.11 Å². The van der Waals surface area contributed by atoms with E-state index in [2.05, 4.69) is 10.1 Å². The number of alkyl carbamates (subject to hydrolysis) is 1. The zero-order chi connectivity index (χ0) is 29.5. The molecule has 214 valence electrons. The highest BCUT2D eigenvalue weighted by atomic mass is 35.5. The molecule has 0 fully saturated rings. The topological polar surface area (TPSA) is 93.5 Å². The van der Waals surface area contributed by atoms with Gasteiger partial charge in [-0.25, -0.2) is 9.78 Å². The first kappa shape index (κ1) is 29.8. The van der Waals surface area contributed by atoms with E-state index < -0.39 is 12.1 Å². The smallest absolute Gasteiger partial charge is 0.406 e. The zero-order valence-electron chi connectivity index (χ0n) is 23.8. The summed E-state index contributed by atoms with van der Waals surface area (Å²) in [6.07, 6.45) is -0.0651. The predicted octanol–water partition coefficient (Wildman–Crippen LogP) is 5.99. The minimum Gasteiger partial charge on any atom is -0.453 e. The van der Waals surface area contributed by atoms with E-state index in [9.17, 15) is 14.4 Å². The molecule has 1 unspecified atom stereocenters. The van der Waals surface area contributed by atoms with Crippen LogP contribution in [0.2, 0.25) is 5.02 Å². The molecule has 1 aromatic heterocycles. The fraction of sp³-hybridized carbons (Fsp3) is 0.312. The zero-order valence-corrected chi connectivity index (χ0v) is 24.5. The molecule has 4 rings (SSSR count). The van der Waals surface area contributed by atoms with Gasteiger partial charge in [-0.1, -0.05) is 73.5 Å². The van der Waals surface area contributed by atoms with E-state index in [1.54, 1.807) is 39.8 Å². The van der Waals surface area contributed by atoms with Crippen molar-refractivity contribution in [2.75, 3.05) is 20.2 Å². The monoisotopic (exact) mass is 574 g/mol. The number of fused-ring (bicyclic) bond motifs is 1. The van der Waals surface area contributed by atoms with Crippen molar-refractivity contribution in [3.05, 3.63) is 111 Å². The number of aromatic nitrogens is 2. The minimum absolute atomic E-state index is 0.108. The van der Waals surface area contributed by atoms with E-state index in [4.69, 9.17) is 16.6 Å². The van der Waals surface area contributed by atoms with Crippen molar-refractivity contribution in [3.63, 3.8) is 0 Å². The molecule has 0 aliphatic heterocycles. The van der Waals surface area contributed by atoms with Crippen LogP contribution in [0, 0.1) is 12.8 Å². The molecule has 2 amide bonds. The summed E-state index contributed by atoms with van der Waals surface area (Å²) in [6, 6.07) is 21.6. The predicted molar refractivity (Wildman–Crippen MR) is 161 cm³/mol. The summed E-state index contributed by atoms with van der Waals surface area (Å²) in [7, 11) is 1.31. The van der Waals surface area contributed by atoms with Crippen LogP contribution in [-0.2, 0) is 11.3 Å². The van der Waals surface area contributed by atoms with Crippen LogP contribution in [0.3, 0.4) is 0 Å². The first-order valence-electron chi connectivity index (χ1n) is 13.6. The fourth-order valence-corrected chi connectivity index (χ4v) is 5.06. The largest absolute Gasteiger partial charge is 0.453 e. The molecule has 3 aromatic carbocycles. The maximum Gasteiger partial charge on any atom is 0.406 e. The number of halogens is 1. The Morgan fingerprint density at radius 2 is 1.76 bits per heavy atom. The number of nitrogens with one attached hydrogen (secondary N) is 1. The SMILES string of the molecule is COC(=O)NCCCN(C(=O)c1ccc(C)cc1)C(c1nc2cc(Cl)ccc2c(=O)n1Cc1ccccc1)C(C)C. The van der Waals surface area contributed by atoms with Crippen molar-refractivity contribution in [1.29, 1.82) is 0 Å². The number of carbonyl (C=O) groups is 2. The number of methoxy groups -OCH3 is 1. The van der Waals surface area contributed by atoms with Crippen molar-refractivity contribution in [2.24, 2.45) is 5.92 Å². The highest BCUT2D eigenvalue weighted by Gasteiger charge is 2.32. The van der Waals surface area contributed by atoms with Crippen molar-refractivity contribution in [3.8, 4) is 0 Å². The second kappa shape index (κ2) is 13.5. The molecular weight excluding hydrogens is 540 g/mol. The molecule has 0 saturated heterocycles. The molecule has 1 N–H and O–H groups in total. The second-order valence-corrected chi connectivity index (χ2v) is 10.8. The fourth-order valence-electron chi connectivity index (χ4n) is 4.89. The first-order chi connectivity index (χ1) is 19.7. The van der Waals surface area contributed by atoms with Crippen LogP contribution in [0.4, 0.5) is 4.79 Å². The Bertz CT molecular complexity index is 1570. The maximum absolute atomic E-state index is 14.1. The first-order valence-corrected chi connectivity index (χ1v) is 14.0. The molecule has 0 aliphatic carbocycles. The third kappa shape index (κ3) is 7.13. The summed E-state index contributed by atoms with van der Waals surface area (Å²) >= 11 is 6.30. The molecule has 0 saturated carbocycles. The third-order valence-electron chi connectivity index (χ3n) is 6.95. The highest BCUT2D eigenvalue weighted by Crippen LogP contribution is 2.31. The van der Waals surface area contributed by atoms with Gasteiger partial charge in [-0.05, 0) is 55.2 Å². The van der Waals surface area contributed by atoms with Gasteiger partial charge in [0.1, 0.15) is 5.82 Å². The molecule has 8 nitrogen and oxygen atoms in total. The van der Waals surface area contributed by atoms with Gasteiger partial charge in [0.25, 0.3) is 11.5 Å². The van der Waals surface area contributed by atoms with Gasteiger partial charge >= 0.3 is 6.09 Å². The molecule has 1 heterocycles. The number of carbonyl (C=O) groups excluding carboxylic acids is 2. The van der Waals surface area contributed by atoms with Gasteiger partial charge in [0.05, 0.1) is 30.6 Å². The standard InChI is InChI=1S/C32H35ClN4O4/c1-21(2)28(36(18-8-17-34-32(40)41-4)30(38)24-13-11-22(3)12-14-24)29-35-27-19-25(33)15-16-26(27)31(39)37(29)20-23-9-6-5-7-10-23/h5-7,9-16,19,21,28H,8,17-18,20H2,1-4H3,(H,34,40). The molecular formula is C32H35ClN4O4. The average Bonchev–Trinajstić information content (AvgIpc) is 2.96. The molecule has 9 heteroatoms. The van der Waals surface area contributed by atoms with E-state index in [-0.39, 0.29) is 17.4 Å². The molecule has 0 spiro atoms. The second-order valence-electron chi connectivity index (χ2n) is 10.3. The normalized spacial score (nSPS) is 11.9. The van der Waals surface area contributed by atoms with Crippen molar-refractivity contribution in [2.45, 2.75) is 39.8 Å². The number of aryl methyl sites for hydroxylation is 1. The molecule has 4 aromatic rings. The van der Waals surface area contributed by atoms with E-state index >= 15 is 0 Å². The van der Waals surface area contributed by atoms with Crippen LogP contribution in [-0.4, -0.2) is 46.7 Å². The third-order valence-corrected chi connectivity index (χ3v) is 7.19. The van der Waals surface area contributed by atoms with E-state index in [0.29, 0.717) is 53.4 Å². The van der Waals surface area contributed by atoms with Crippen LogP contribution < -0.4 is 10.9 Å². The van der Waals surface area contributed by atoms with Gasteiger partial charge in [-0.3, -0.25) is 14.2 Å². The van der Waals surface area contributed by atoms with Gasteiger partial charge in [0.15, 0.2) is 0 Å². The Morgan fingerprint density at radius 1 is 1.05 bits per heavy atom. The van der Waals surface area contributed by atoms with Crippen LogP contribution in [0.15, 0.2) is 77.6 Å². The molecule has 0 aliphatic rings. The Balaban J connectivity index is 1.86. The number of amides is 2. The van der Waals surface area contributed by atoms with Crippen molar-refractivity contribution < 1.29 is 14.3 Å². The summed E-state index contributed by atoms with van der Waals surface area (Å²) in [5.41, 5.74) is 2.78. The van der Waals surface area contributed by atoms with Crippen LogP contribution >= 0.6 is 11.6 Å². The Labute approximate surface area is 244 Å². The summed E-state index contributed by atoms with van der Waals surface area (Å²) in [5.74, 6) is 0.182. The number of rotatable bonds is 10. The lowest BCUT2D eigenvalue weighted by Crippen LogP contribution is -2.42. The molecule has 1 atom stereocenters. The summed E-state index contributed by atoms with van der Waals surface area (Å²) < 4.78 is 6.35. The van der Waals surface area contributed by atoms with Gasteiger partial charge in [-0.15, -0.1) is 0 Å². The maximum atomic E-state index is 14.1. The number of nitrogens with zero attached hydrogens (tertiary/aromatic N) is 3. The Hall–Kier alpha value is -4.17. The Morgan fingerprint density at radius 3 is 2.41 bits per heavy atom. The van der Waals surface area contributed by atoms with E-state index in [0.717, 1.165) is 11.1 Å². The lowest BCUT2D eigenvalue weighted by atomic mass is 9.98. The quantitative estimate of drug-likeness (QED) is 0.235. The van der Waals surface area contributed by atoms with Crippen molar-refractivity contribution >= 4 is 34.5 Å². The molecule has 0 bridgehead atoms. The summed E-state index contributed by atoms with van der Waals surface area (Å²) in [4.78, 5) is 46.5. The number of benzene rings is 3. The number of hydrogen-bond donors (Lipinski definition) is 1. The van der Waals surface area contributed by atoms with E-state index in [1.807, 2.05) is 63.2 Å². The summed E-state index contributed by atoms with van der Waals surface area (Å²) in [6.45, 7) is 6.90. The lowest BCUT2D eigenvalue weighted by Gasteiger charge is -2.35. The number of ether oxygens (including phenoxy) is 1. The highest BCUT2D eigenvalue weighted by molar-refractivity contribution is 6.31. The van der Waals surface area contributed by atoms with Crippen LogP contribution in [0.25, 0.3) is 10.9 Å². The van der Waals surface area contributed by atoms with Crippen molar-refractivity contribution in [1.82, 2.24) is 19.8 Å². The summed E-state index contributed by atoms with van der Waals surface area (Å²) in [5, 5.41) is 3.61. The van der Waals surface area contributed by atoms with Gasteiger partial charge in [0, 0.05) is 23.7 Å². The number of hydrogen-bond acceptors (Lipinski definition) is 5. The average molecular weight is 575 g/mol. The molecule has 41 heavy (non-hydrogen) atoms. The van der Waals surface area contributed by atoms with Gasteiger partial charge < -0.3 is 15.0 Å². The van der Waals surface area contributed by atoms with Gasteiger partial charge in [0.2, 0.25) is 0 Å². The van der Waals surface area contributed by atoms with Crippen LogP contribution in [0.5, 0.6) is 0 Å². The molecule has 0 radical (unpaired) electrons. The Kier molecular flexibility index (Phi) is 9.78.